The summed E-state index contributed by atoms with van der Waals surface area (Å²) in [6.45, 7) is 3.55. The third-order valence-electron chi connectivity index (χ3n) is 5.66. The van der Waals surface area contributed by atoms with Crippen LogP contribution in [0, 0.1) is 29.4 Å². The van der Waals surface area contributed by atoms with Crippen LogP contribution in [-0.2, 0) is 9.47 Å². The first-order chi connectivity index (χ1) is 11.7. The van der Waals surface area contributed by atoms with Gasteiger partial charge in [-0.25, -0.2) is 8.78 Å². The van der Waals surface area contributed by atoms with Crippen molar-refractivity contribution in [3.8, 4) is 0 Å². The van der Waals surface area contributed by atoms with Gasteiger partial charge in [0, 0.05) is 11.5 Å². The zero-order valence-corrected chi connectivity index (χ0v) is 14.5. The Morgan fingerprint density at radius 1 is 0.958 bits per heavy atom. The molecule has 4 heteroatoms. The fraction of sp³-hybridized carbons (Fsp3) is 0.700. The number of hydrogen-bond acceptors (Lipinski definition) is 2. The van der Waals surface area contributed by atoms with E-state index < -0.39 is 17.9 Å². The molecule has 1 heterocycles. The van der Waals surface area contributed by atoms with Gasteiger partial charge in [0.25, 0.3) is 0 Å². The quantitative estimate of drug-likeness (QED) is 0.693. The van der Waals surface area contributed by atoms with Crippen LogP contribution >= 0.6 is 0 Å². The van der Waals surface area contributed by atoms with Crippen LogP contribution in [0.4, 0.5) is 8.78 Å². The summed E-state index contributed by atoms with van der Waals surface area (Å²) in [5.41, 5.74) is 0.552. The zero-order valence-electron chi connectivity index (χ0n) is 14.5. The summed E-state index contributed by atoms with van der Waals surface area (Å²) in [7, 11) is 0. The van der Waals surface area contributed by atoms with Crippen molar-refractivity contribution in [3.63, 3.8) is 0 Å². The molecule has 1 aromatic carbocycles. The summed E-state index contributed by atoms with van der Waals surface area (Å²) in [4.78, 5) is 0. The van der Waals surface area contributed by atoms with Gasteiger partial charge in [-0.15, -0.1) is 0 Å². The summed E-state index contributed by atoms with van der Waals surface area (Å²) in [5, 5.41) is 0. The fourth-order valence-corrected chi connectivity index (χ4v) is 4.08. The van der Waals surface area contributed by atoms with E-state index in [1.807, 2.05) is 0 Å². The minimum absolute atomic E-state index is 0.429. The van der Waals surface area contributed by atoms with Gasteiger partial charge in [0.2, 0.25) is 0 Å². The molecule has 0 N–H and O–H groups in total. The van der Waals surface area contributed by atoms with Crippen molar-refractivity contribution in [1.29, 1.82) is 0 Å². The molecule has 0 bridgehead atoms. The SMILES string of the molecule is CCCC[C@H]1CC[C@H]([C@H]2CO[C@H](c3ccc(F)c(F)c3)OC2)CC1. The maximum absolute atomic E-state index is 13.3. The van der Waals surface area contributed by atoms with Crippen molar-refractivity contribution >= 4 is 0 Å². The van der Waals surface area contributed by atoms with Crippen LogP contribution in [0.2, 0.25) is 0 Å². The first-order valence-electron chi connectivity index (χ1n) is 9.35. The average Bonchev–Trinajstić information content (AvgIpc) is 2.63. The lowest BCUT2D eigenvalue weighted by molar-refractivity contribution is -0.214. The van der Waals surface area contributed by atoms with E-state index in [4.69, 9.17) is 9.47 Å². The standard InChI is InChI=1S/C20H28F2O2/c1-2-3-4-14-5-7-15(8-6-14)17-12-23-20(24-13-17)16-9-10-18(21)19(22)11-16/h9-11,14-15,17,20H,2-8,12-13H2,1H3/t14-,15-,17-,20-. The van der Waals surface area contributed by atoms with E-state index in [2.05, 4.69) is 6.92 Å². The maximum Gasteiger partial charge on any atom is 0.183 e. The van der Waals surface area contributed by atoms with Gasteiger partial charge in [-0.05, 0) is 36.8 Å². The number of ether oxygens (including phenoxy) is 2. The molecule has 134 valence electrons. The van der Waals surface area contributed by atoms with Gasteiger partial charge in [0.15, 0.2) is 17.9 Å². The van der Waals surface area contributed by atoms with Crippen molar-refractivity contribution in [3.05, 3.63) is 35.4 Å². The van der Waals surface area contributed by atoms with Crippen LogP contribution < -0.4 is 0 Å². The highest BCUT2D eigenvalue weighted by Crippen LogP contribution is 2.38. The largest absolute Gasteiger partial charge is 0.348 e. The third-order valence-corrected chi connectivity index (χ3v) is 5.66. The molecular weight excluding hydrogens is 310 g/mol. The van der Waals surface area contributed by atoms with Gasteiger partial charge in [-0.1, -0.05) is 45.1 Å². The minimum Gasteiger partial charge on any atom is -0.348 e. The highest BCUT2D eigenvalue weighted by Gasteiger charge is 2.32. The predicted molar refractivity (Wildman–Crippen MR) is 89.5 cm³/mol. The van der Waals surface area contributed by atoms with Crippen LogP contribution in [0.1, 0.15) is 63.7 Å². The van der Waals surface area contributed by atoms with E-state index in [0.717, 1.165) is 12.0 Å². The summed E-state index contributed by atoms with van der Waals surface area (Å²) in [6, 6.07) is 3.82. The number of benzene rings is 1. The van der Waals surface area contributed by atoms with Crippen LogP contribution in [-0.4, -0.2) is 13.2 Å². The summed E-state index contributed by atoms with van der Waals surface area (Å²) >= 11 is 0. The van der Waals surface area contributed by atoms with Gasteiger partial charge in [0.1, 0.15) is 0 Å². The molecule has 1 aromatic rings. The van der Waals surface area contributed by atoms with Crippen molar-refractivity contribution in [1.82, 2.24) is 0 Å². The van der Waals surface area contributed by atoms with E-state index in [-0.39, 0.29) is 0 Å². The highest BCUT2D eigenvalue weighted by atomic mass is 19.2. The smallest absolute Gasteiger partial charge is 0.183 e. The molecule has 0 radical (unpaired) electrons. The zero-order chi connectivity index (χ0) is 16.9. The van der Waals surface area contributed by atoms with Gasteiger partial charge in [-0.3, -0.25) is 0 Å². The van der Waals surface area contributed by atoms with Gasteiger partial charge in [-0.2, -0.15) is 0 Å². The van der Waals surface area contributed by atoms with Crippen LogP contribution in [0.3, 0.4) is 0 Å². The van der Waals surface area contributed by atoms with Crippen molar-refractivity contribution in [2.45, 2.75) is 58.2 Å². The monoisotopic (exact) mass is 338 g/mol. The lowest BCUT2D eigenvalue weighted by atomic mass is 9.75. The normalized spacial score (nSPS) is 31.1. The van der Waals surface area contributed by atoms with E-state index in [0.29, 0.717) is 30.6 Å². The molecule has 2 fully saturated rings. The lowest BCUT2D eigenvalue weighted by Gasteiger charge is -2.37. The average molecular weight is 338 g/mol. The van der Waals surface area contributed by atoms with E-state index in [1.54, 1.807) is 0 Å². The molecule has 0 unspecified atom stereocenters. The Hall–Kier alpha value is -1.00. The van der Waals surface area contributed by atoms with Crippen LogP contribution in [0.15, 0.2) is 18.2 Å². The van der Waals surface area contributed by atoms with Crippen molar-refractivity contribution in [2.75, 3.05) is 13.2 Å². The van der Waals surface area contributed by atoms with E-state index in [9.17, 15) is 8.78 Å². The Morgan fingerprint density at radius 3 is 2.29 bits per heavy atom. The Bertz CT molecular complexity index is 518. The molecule has 3 rings (SSSR count). The molecule has 1 aliphatic heterocycles. The van der Waals surface area contributed by atoms with Gasteiger partial charge >= 0.3 is 0 Å². The highest BCUT2D eigenvalue weighted by molar-refractivity contribution is 5.19. The second-order valence-electron chi connectivity index (χ2n) is 7.36. The van der Waals surface area contributed by atoms with E-state index >= 15 is 0 Å². The summed E-state index contributed by atoms with van der Waals surface area (Å²) in [6.07, 6.45) is 8.62. The fourth-order valence-electron chi connectivity index (χ4n) is 4.08. The molecule has 0 amide bonds. The molecule has 1 saturated heterocycles. The number of halogens is 2. The van der Waals surface area contributed by atoms with Crippen molar-refractivity contribution < 1.29 is 18.3 Å². The second kappa shape index (κ2) is 8.39. The van der Waals surface area contributed by atoms with Gasteiger partial charge in [0.05, 0.1) is 13.2 Å². The molecular formula is C20H28F2O2. The Kier molecular flexibility index (Phi) is 6.23. The second-order valence-corrected chi connectivity index (χ2v) is 7.36. The maximum atomic E-state index is 13.3. The Labute approximate surface area is 143 Å². The number of unbranched alkanes of at least 4 members (excludes halogenated alkanes) is 1. The summed E-state index contributed by atoms with van der Waals surface area (Å²) < 4.78 is 38.0. The first kappa shape index (κ1) is 17.8. The topological polar surface area (TPSA) is 18.5 Å². The van der Waals surface area contributed by atoms with Crippen LogP contribution in [0.25, 0.3) is 0 Å². The molecule has 0 aromatic heterocycles. The molecule has 24 heavy (non-hydrogen) atoms. The molecule has 1 aliphatic carbocycles. The number of hydrogen-bond donors (Lipinski definition) is 0. The number of rotatable bonds is 5. The molecule has 2 aliphatic rings. The first-order valence-corrected chi connectivity index (χ1v) is 9.35. The molecule has 0 atom stereocenters. The van der Waals surface area contributed by atoms with E-state index in [1.165, 1.54) is 57.1 Å². The third kappa shape index (κ3) is 4.34. The Balaban J connectivity index is 1.46. The van der Waals surface area contributed by atoms with Gasteiger partial charge < -0.3 is 9.47 Å². The summed E-state index contributed by atoms with van der Waals surface area (Å²) in [5.74, 6) is 0.313. The molecule has 0 spiro atoms. The predicted octanol–water partition coefficient (Wildman–Crippen LogP) is 5.62. The van der Waals surface area contributed by atoms with Crippen LogP contribution in [0.5, 0.6) is 0 Å². The lowest BCUT2D eigenvalue weighted by Crippen LogP contribution is -2.34. The minimum atomic E-state index is -0.854. The van der Waals surface area contributed by atoms with Crippen molar-refractivity contribution in [2.24, 2.45) is 17.8 Å². The molecule has 1 saturated carbocycles. The Morgan fingerprint density at radius 2 is 1.67 bits per heavy atom. The molecule has 2 nitrogen and oxygen atoms in total.